The topological polar surface area (TPSA) is 22.4 Å². The summed E-state index contributed by atoms with van der Waals surface area (Å²) >= 11 is 0. The molecular formula is C16H11F3O2. The van der Waals surface area contributed by atoms with Gasteiger partial charge in [-0.3, -0.25) is 0 Å². The van der Waals surface area contributed by atoms with E-state index in [-0.39, 0.29) is 16.7 Å². The van der Waals surface area contributed by atoms with Crippen molar-refractivity contribution < 1.29 is 22.3 Å². The molecule has 0 aliphatic rings. The van der Waals surface area contributed by atoms with E-state index in [1.54, 1.807) is 30.3 Å². The number of para-hydroxylation sites is 1. The van der Waals surface area contributed by atoms with Crippen molar-refractivity contribution in [3.05, 3.63) is 54.1 Å². The maximum absolute atomic E-state index is 13.4. The quantitative estimate of drug-likeness (QED) is 0.653. The Morgan fingerprint density at radius 2 is 1.76 bits per heavy atom. The Hall–Kier alpha value is -2.43. The third-order valence-electron chi connectivity index (χ3n) is 3.21. The largest absolute Gasteiger partial charge is 0.497 e. The SMILES string of the molecule is COc1cccc(-c2oc3ccccc3c2C(F)(F)F)c1. The summed E-state index contributed by atoms with van der Waals surface area (Å²) < 4.78 is 50.7. The van der Waals surface area contributed by atoms with Gasteiger partial charge < -0.3 is 9.15 Å². The van der Waals surface area contributed by atoms with Gasteiger partial charge in [-0.15, -0.1) is 0 Å². The molecule has 0 atom stereocenters. The summed E-state index contributed by atoms with van der Waals surface area (Å²) in [5.74, 6) is 0.281. The number of rotatable bonds is 2. The number of fused-ring (bicyclic) bond motifs is 1. The van der Waals surface area contributed by atoms with Crippen molar-refractivity contribution in [1.82, 2.24) is 0 Å². The molecule has 1 heterocycles. The average molecular weight is 292 g/mol. The first-order chi connectivity index (χ1) is 10.0. The number of hydrogen-bond donors (Lipinski definition) is 0. The fourth-order valence-electron chi connectivity index (χ4n) is 2.29. The summed E-state index contributed by atoms with van der Waals surface area (Å²) in [7, 11) is 1.46. The third kappa shape index (κ3) is 2.35. The summed E-state index contributed by atoms with van der Waals surface area (Å²) in [5, 5.41) is 0.0582. The molecule has 0 fully saturated rings. The zero-order valence-electron chi connectivity index (χ0n) is 11.1. The zero-order valence-corrected chi connectivity index (χ0v) is 11.1. The number of ether oxygens (including phenoxy) is 1. The summed E-state index contributed by atoms with van der Waals surface area (Å²) in [4.78, 5) is 0. The molecule has 2 nitrogen and oxygen atoms in total. The Kier molecular flexibility index (Phi) is 3.12. The molecule has 0 saturated heterocycles. The van der Waals surface area contributed by atoms with Crippen LogP contribution in [0.25, 0.3) is 22.3 Å². The number of benzene rings is 2. The van der Waals surface area contributed by atoms with Crippen LogP contribution in [-0.4, -0.2) is 7.11 Å². The summed E-state index contributed by atoms with van der Waals surface area (Å²) in [6.07, 6.45) is -4.50. The molecule has 0 radical (unpaired) electrons. The Balaban J connectivity index is 2.31. The molecular weight excluding hydrogens is 281 g/mol. The zero-order chi connectivity index (χ0) is 15.0. The van der Waals surface area contributed by atoms with E-state index in [0.717, 1.165) is 0 Å². The summed E-state index contributed by atoms with van der Waals surface area (Å²) in [5.41, 5.74) is -0.216. The molecule has 3 rings (SSSR count). The van der Waals surface area contributed by atoms with E-state index in [0.29, 0.717) is 11.3 Å². The van der Waals surface area contributed by atoms with Crippen LogP contribution in [0.5, 0.6) is 5.75 Å². The van der Waals surface area contributed by atoms with Gasteiger partial charge in [0.15, 0.2) is 0 Å². The maximum Gasteiger partial charge on any atom is 0.420 e. The third-order valence-corrected chi connectivity index (χ3v) is 3.21. The lowest BCUT2D eigenvalue weighted by atomic mass is 10.0. The van der Waals surface area contributed by atoms with E-state index < -0.39 is 11.7 Å². The van der Waals surface area contributed by atoms with E-state index in [4.69, 9.17) is 9.15 Å². The summed E-state index contributed by atoms with van der Waals surface area (Å²) in [6.45, 7) is 0. The average Bonchev–Trinajstić information content (AvgIpc) is 2.86. The minimum atomic E-state index is -4.50. The highest BCUT2D eigenvalue weighted by Gasteiger charge is 2.38. The molecule has 1 aromatic heterocycles. The van der Waals surface area contributed by atoms with Crippen LogP contribution in [0, 0.1) is 0 Å². The smallest absolute Gasteiger partial charge is 0.420 e. The first-order valence-electron chi connectivity index (χ1n) is 6.24. The lowest BCUT2D eigenvalue weighted by molar-refractivity contribution is -0.136. The standard InChI is InChI=1S/C16H11F3O2/c1-20-11-6-4-5-10(9-11)15-14(16(17,18)19)12-7-2-3-8-13(12)21-15/h2-9H,1H3. The maximum atomic E-state index is 13.4. The highest BCUT2D eigenvalue weighted by atomic mass is 19.4. The number of alkyl halides is 3. The first-order valence-corrected chi connectivity index (χ1v) is 6.24. The fraction of sp³-hybridized carbons (Fsp3) is 0.125. The predicted octanol–water partition coefficient (Wildman–Crippen LogP) is 5.13. The second-order valence-electron chi connectivity index (χ2n) is 4.53. The lowest BCUT2D eigenvalue weighted by Gasteiger charge is -2.08. The van der Waals surface area contributed by atoms with Gasteiger partial charge in [0, 0.05) is 10.9 Å². The minimum Gasteiger partial charge on any atom is -0.497 e. The van der Waals surface area contributed by atoms with Gasteiger partial charge in [-0.25, -0.2) is 0 Å². The monoisotopic (exact) mass is 292 g/mol. The second-order valence-corrected chi connectivity index (χ2v) is 4.53. The van der Waals surface area contributed by atoms with E-state index >= 15 is 0 Å². The highest BCUT2D eigenvalue weighted by Crippen LogP contribution is 2.44. The molecule has 0 N–H and O–H groups in total. The van der Waals surface area contributed by atoms with Crippen LogP contribution < -0.4 is 4.74 Å². The first kappa shape index (κ1) is 13.5. The van der Waals surface area contributed by atoms with Crippen LogP contribution in [0.2, 0.25) is 0 Å². The van der Waals surface area contributed by atoms with Crippen LogP contribution >= 0.6 is 0 Å². The van der Waals surface area contributed by atoms with Crippen molar-refractivity contribution in [2.24, 2.45) is 0 Å². The second kappa shape index (κ2) is 4.84. The highest BCUT2D eigenvalue weighted by molar-refractivity contribution is 5.88. The van der Waals surface area contributed by atoms with E-state index in [9.17, 15) is 13.2 Å². The van der Waals surface area contributed by atoms with Crippen molar-refractivity contribution in [2.75, 3.05) is 7.11 Å². The normalized spacial score (nSPS) is 11.8. The Morgan fingerprint density at radius 1 is 1.00 bits per heavy atom. The van der Waals surface area contributed by atoms with Crippen molar-refractivity contribution in [1.29, 1.82) is 0 Å². The molecule has 0 saturated carbocycles. The number of hydrogen-bond acceptors (Lipinski definition) is 2. The molecule has 0 unspecified atom stereocenters. The number of halogens is 3. The van der Waals surface area contributed by atoms with Crippen molar-refractivity contribution >= 4 is 11.0 Å². The Labute approximate surface area is 118 Å². The molecule has 2 aromatic carbocycles. The van der Waals surface area contributed by atoms with Crippen molar-refractivity contribution in [2.45, 2.75) is 6.18 Å². The van der Waals surface area contributed by atoms with Gasteiger partial charge in [-0.05, 0) is 18.2 Å². The minimum absolute atomic E-state index is 0.0582. The lowest BCUT2D eigenvalue weighted by Crippen LogP contribution is -2.05. The van der Waals surface area contributed by atoms with Gasteiger partial charge in [0.2, 0.25) is 0 Å². The van der Waals surface area contributed by atoms with E-state index in [1.807, 2.05) is 0 Å². The molecule has 0 bridgehead atoms. The van der Waals surface area contributed by atoms with Crippen LogP contribution in [0.4, 0.5) is 13.2 Å². The van der Waals surface area contributed by atoms with Crippen LogP contribution in [0.1, 0.15) is 5.56 Å². The van der Waals surface area contributed by atoms with Gasteiger partial charge >= 0.3 is 6.18 Å². The molecule has 0 spiro atoms. The van der Waals surface area contributed by atoms with Gasteiger partial charge in [0.1, 0.15) is 22.7 Å². The molecule has 5 heteroatoms. The molecule has 0 aliphatic heterocycles. The van der Waals surface area contributed by atoms with Crippen LogP contribution in [-0.2, 0) is 6.18 Å². The Bertz CT molecular complexity index is 788. The van der Waals surface area contributed by atoms with E-state index in [2.05, 4.69) is 0 Å². The van der Waals surface area contributed by atoms with E-state index in [1.165, 1.54) is 25.3 Å². The molecule has 3 aromatic rings. The van der Waals surface area contributed by atoms with Crippen LogP contribution in [0.3, 0.4) is 0 Å². The molecule has 21 heavy (non-hydrogen) atoms. The fourth-order valence-corrected chi connectivity index (χ4v) is 2.29. The Morgan fingerprint density at radius 3 is 2.48 bits per heavy atom. The summed E-state index contributed by atoms with van der Waals surface area (Å²) in [6, 6.07) is 12.5. The number of methoxy groups -OCH3 is 1. The molecule has 108 valence electrons. The van der Waals surface area contributed by atoms with Crippen molar-refractivity contribution in [3.63, 3.8) is 0 Å². The van der Waals surface area contributed by atoms with Crippen molar-refractivity contribution in [3.8, 4) is 17.1 Å². The van der Waals surface area contributed by atoms with Gasteiger partial charge in [-0.2, -0.15) is 13.2 Å². The van der Waals surface area contributed by atoms with Gasteiger partial charge in [-0.1, -0.05) is 30.3 Å². The van der Waals surface area contributed by atoms with Gasteiger partial charge in [0.25, 0.3) is 0 Å². The van der Waals surface area contributed by atoms with Gasteiger partial charge in [0.05, 0.1) is 7.11 Å². The molecule has 0 aliphatic carbocycles. The number of furan rings is 1. The molecule has 0 amide bonds. The predicted molar refractivity (Wildman–Crippen MR) is 73.2 cm³/mol. The van der Waals surface area contributed by atoms with Crippen LogP contribution in [0.15, 0.2) is 52.9 Å².